The normalized spacial score (nSPS) is 14.4. The molecule has 2 heterocycles. The van der Waals surface area contributed by atoms with E-state index in [1.54, 1.807) is 49.1 Å². The fourth-order valence-electron chi connectivity index (χ4n) is 4.41. The number of halogens is 3. The van der Waals surface area contributed by atoms with Gasteiger partial charge in [-0.15, -0.1) is 0 Å². The van der Waals surface area contributed by atoms with Crippen molar-refractivity contribution in [2.75, 3.05) is 19.1 Å². The van der Waals surface area contributed by atoms with Gasteiger partial charge in [0.05, 0.1) is 36.3 Å². The fraction of sp³-hybridized carbons (Fsp3) is 0.185. The van der Waals surface area contributed by atoms with Crippen LogP contribution in [0.4, 0.5) is 10.1 Å². The number of nitrogens with zero attached hydrogens (tertiary/aromatic N) is 1. The highest BCUT2D eigenvalue weighted by molar-refractivity contribution is 6.31. The molecule has 186 valence electrons. The number of carbonyl (C=O) groups is 2. The van der Waals surface area contributed by atoms with E-state index in [4.69, 9.17) is 37.1 Å². The average Bonchev–Trinajstić information content (AvgIpc) is 3.34. The smallest absolute Gasteiger partial charge is 0.336 e. The molecule has 0 saturated heterocycles. The fourth-order valence-corrected chi connectivity index (χ4v) is 4.77. The summed E-state index contributed by atoms with van der Waals surface area (Å²) in [5.41, 5.74) is 2.64. The zero-order valence-electron chi connectivity index (χ0n) is 19.9. The van der Waals surface area contributed by atoms with Gasteiger partial charge in [0.2, 0.25) is 0 Å². The number of esters is 2. The molecule has 0 unspecified atom stereocenters. The number of benzene rings is 2. The lowest BCUT2D eigenvalue weighted by atomic mass is 9.82. The first-order valence-corrected chi connectivity index (χ1v) is 11.6. The highest BCUT2D eigenvalue weighted by Crippen LogP contribution is 2.46. The molecular formula is C27H22Cl2FNO5. The van der Waals surface area contributed by atoms with Crippen LogP contribution in [0.15, 0.2) is 81.6 Å². The average molecular weight is 530 g/mol. The summed E-state index contributed by atoms with van der Waals surface area (Å²) in [5, 5.41) is 0.431. The molecule has 2 aromatic carbocycles. The monoisotopic (exact) mass is 529 g/mol. The lowest BCUT2D eigenvalue weighted by Crippen LogP contribution is -2.35. The molecule has 0 N–H and O–H groups in total. The van der Waals surface area contributed by atoms with Gasteiger partial charge >= 0.3 is 11.9 Å². The van der Waals surface area contributed by atoms with E-state index in [-0.39, 0.29) is 16.2 Å². The van der Waals surface area contributed by atoms with Gasteiger partial charge in [0, 0.05) is 27.7 Å². The summed E-state index contributed by atoms with van der Waals surface area (Å²) in [6, 6.07) is 14.5. The van der Waals surface area contributed by atoms with Crippen LogP contribution in [0, 0.1) is 5.82 Å². The van der Waals surface area contributed by atoms with Crippen molar-refractivity contribution in [2.45, 2.75) is 19.8 Å². The van der Waals surface area contributed by atoms with Crippen LogP contribution >= 0.6 is 23.2 Å². The molecule has 4 rings (SSSR count). The molecule has 1 aliphatic heterocycles. The van der Waals surface area contributed by atoms with Crippen LogP contribution < -0.4 is 4.90 Å². The molecular weight excluding hydrogens is 508 g/mol. The van der Waals surface area contributed by atoms with Crippen LogP contribution in [0.5, 0.6) is 0 Å². The molecule has 1 aliphatic rings. The van der Waals surface area contributed by atoms with E-state index in [1.807, 2.05) is 6.07 Å². The van der Waals surface area contributed by atoms with Crippen LogP contribution in [0.1, 0.15) is 25.5 Å². The highest BCUT2D eigenvalue weighted by Gasteiger charge is 2.42. The molecule has 3 aromatic rings. The first-order valence-electron chi connectivity index (χ1n) is 10.9. The van der Waals surface area contributed by atoms with Gasteiger partial charge in [-0.1, -0.05) is 29.3 Å². The van der Waals surface area contributed by atoms with E-state index in [2.05, 4.69) is 0 Å². The van der Waals surface area contributed by atoms with Gasteiger partial charge in [-0.2, -0.15) is 0 Å². The van der Waals surface area contributed by atoms with Crippen LogP contribution in [-0.2, 0) is 19.1 Å². The quantitative estimate of drug-likeness (QED) is 0.335. The molecule has 0 radical (unpaired) electrons. The number of carbonyl (C=O) groups excluding carboxylic acids is 2. The van der Waals surface area contributed by atoms with Gasteiger partial charge in [-0.05, 0) is 62.4 Å². The minimum absolute atomic E-state index is 0.0581. The minimum atomic E-state index is -0.926. The second-order valence-corrected chi connectivity index (χ2v) is 8.90. The van der Waals surface area contributed by atoms with Crippen molar-refractivity contribution < 1.29 is 27.9 Å². The van der Waals surface area contributed by atoms with E-state index in [9.17, 15) is 14.0 Å². The molecule has 9 heteroatoms. The molecule has 0 saturated carbocycles. The van der Waals surface area contributed by atoms with Crippen LogP contribution in [-0.4, -0.2) is 26.2 Å². The third-order valence-electron chi connectivity index (χ3n) is 6.02. The molecule has 0 spiro atoms. The highest BCUT2D eigenvalue weighted by atomic mass is 35.5. The van der Waals surface area contributed by atoms with Crippen molar-refractivity contribution in [2.24, 2.45) is 0 Å². The SMILES string of the molecule is COC(=O)C1=C(C)N(c2cccc(Cl)c2)C(C)=C(C(=O)OC)C1c1ccc(-c2ccc(F)c(Cl)c2)o1. The first-order chi connectivity index (χ1) is 17.2. The molecule has 0 fully saturated rings. The summed E-state index contributed by atoms with van der Waals surface area (Å²) in [6.45, 7) is 3.50. The lowest BCUT2D eigenvalue weighted by Gasteiger charge is -2.37. The number of ether oxygens (including phenoxy) is 2. The molecule has 0 bridgehead atoms. The maximum Gasteiger partial charge on any atom is 0.336 e. The van der Waals surface area contributed by atoms with Crippen molar-refractivity contribution in [1.29, 1.82) is 0 Å². The number of hydrogen-bond acceptors (Lipinski definition) is 6. The van der Waals surface area contributed by atoms with Gasteiger partial charge in [-0.3, -0.25) is 0 Å². The van der Waals surface area contributed by atoms with Crippen molar-refractivity contribution in [3.8, 4) is 11.3 Å². The number of hydrogen-bond donors (Lipinski definition) is 0. The molecule has 0 atom stereocenters. The third kappa shape index (κ3) is 4.52. The number of rotatable bonds is 5. The van der Waals surface area contributed by atoms with E-state index in [1.165, 1.54) is 32.4 Å². The number of allylic oxidation sites excluding steroid dienone is 2. The molecule has 6 nitrogen and oxygen atoms in total. The number of furan rings is 1. The first kappa shape index (κ1) is 25.5. The van der Waals surface area contributed by atoms with Crippen LogP contribution in [0.3, 0.4) is 0 Å². The Morgan fingerprint density at radius 3 is 2.11 bits per heavy atom. The Labute approximate surface area is 217 Å². The Hall–Kier alpha value is -3.55. The Kier molecular flexibility index (Phi) is 7.24. The Morgan fingerprint density at radius 2 is 1.56 bits per heavy atom. The van der Waals surface area contributed by atoms with Gasteiger partial charge in [-0.25, -0.2) is 14.0 Å². The summed E-state index contributed by atoms with van der Waals surface area (Å²) >= 11 is 12.2. The molecule has 0 amide bonds. The summed E-state index contributed by atoms with van der Waals surface area (Å²) in [4.78, 5) is 28.0. The van der Waals surface area contributed by atoms with Crippen molar-refractivity contribution in [3.63, 3.8) is 0 Å². The standard InChI is InChI=1S/C27H22Cl2FNO5/c1-14-23(26(32)34-3)25(22-11-10-21(36-22)16-8-9-20(30)19(29)12-16)24(27(33)35-4)15(2)31(14)18-7-5-6-17(28)13-18/h5-13,25H,1-4H3. The second-order valence-electron chi connectivity index (χ2n) is 8.06. The molecule has 0 aliphatic carbocycles. The summed E-state index contributed by atoms with van der Waals surface area (Å²) in [7, 11) is 2.53. The van der Waals surface area contributed by atoms with E-state index in [0.717, 1.165) is 0 Å². The van der Waals surface area contributed by atoms with Crippen LogP contribution in [0.2, 0.25) is 10.0 Å². The third-order valence-corrected chi connectivity index (χ3v) is 6.54. The maximum absolute atomic E-state index is 13.7. The summed E-state index contributed by atoms with van der Waals surface area (Å²) in [5.74, 6) is -2.07. The Bertz CT molecular complexity index is 1390. The van der Waals surface area contributed by atoms with E-state index < -0.39 is 23.7 Å². The minimum Gasteiger partial charge on any atom is -0.466 e. The predicted octanol–water partition coefficient (Wildman–Crippen LogP) is 6.89. The maximum atomic E-state index is 13.7. The zero-order valence-corrected chi connectivity index (χ0v) is 21.4. The molecule has 1 aromatic heterocycles. The summed E-state index contributed by atoms with van der Waals surface area (Å²) in [6.07, 6.45) is 0. The predicted molar refractivity (Wildman–Crippen MR) is 135 cm³/mol. The number of anilines is 1. The van der Waals surface area contributed by atoms with Crippen LogP contribution in [0.25, 0.3) is 11.3 Å². The lowest BCUT2D eigenvalue weighted by molar-refractivity contribution is -0.137. The van der Waals surface area contributed by atoms with E-state index >= 15 is 0 Å². The topological polar surface area (TPSA) is 69.0 Å². The second kappa shape index (κ2) is 10.2. The van der Waals surface area contributed by atoms with Crippen molar-refractivity contribution >= 4 is 40.8 Å². The van der Waals surface area contributed by atoms with Gasteiger partial charge in [0.25, 0.3) is 0 Å². The Balaban J connectivity index is 1.93. The van der Waals surface area contributed by atoms with Gasteiger partial charge in [0.1, 0.15) is 17.3 Å². The Morgan fingerprint density at radius 1 is 0.917 bits per heavy atom. The largest absolute Gasteiger partial charge is 0.466 e. The summed E-state index contributed by atoms with van der Waals surface area (Å²) < 4.78 is 30.0. The van der Waals surface area contributed by atoms with Gasteiger partial charge < -0.3 is 18.8 Å². The van der Waals surface area contributed by atoms with Crippen molar-refractivity contribution in [3.05, 3.63) is 98.8 Å². The zero-order chi connectivity index (χ0) is 26.1. The number of methoxy groups -OCH3 is 2. The van der Waals surface area contributed by atoms with Gasteiger partial charge in [0.15, 0.2) is 0 Å². The van der Waals surface area contributed by atoms with E-state index in [0.29, 0.717) is 39.2 Å². The van der Waals surface area contributed by atoms with Crippen molar-refractivity contribution in [1.82, 2.24) is 0 Å². The molecule has 36 heavy (non-hydrogen) atoms.